The van der Waals surface area contributed by atoms with Crippen LogP contribution in [0.25, 0.3) is 10.8 Å². The van der Waals surface area contributed by atoms with Crippen LogP contribution in [0.4, 0.5) is 0 Å². The van der Waals surface area contributed by atoms with E-state index in [-0.39, 0.29) is 5.91 Å². The van der Waals surface area contributed by atoms with Gasteiger partial charge in [0.1, 0.15) is 17.2 Å². The Labute approximate surface area is 222 Å². The number of carbonyl (C=O) groups excluding carboxylic acids is 2. The van der Waals surface area contributed by atoms with Gasteiger partial charge in [-0.25, -0.2) is 10.2 Å². The molecule has 0 aliphatic rings. The summed E-state index contributed by atoms with van der Waals surface area (Å²) in [5.74, 6) is 0.845. The second-order valence-electron chi connectivity index (χ2n) is 8.47. The maximum Gasteiger partial charge on any atom is 0.343 e. The van der Waals surface area contributed by atoms with E-state index >= 15 is 0 Å². The predicted octanol–water partition coefficient (Wildman–Crippen LogP) is 6.40. The van der Waals surface area contributed by atoms with E-state index in [4.69, 9.17) is 14.2 Å². The lowest BCUT2D eigenvalue weighted by atomic mass is 10.0. The predicted molar refractivity (Wildman–Crippen MR) is 148 cm³/mol. The van der Waals surface area contributed by atoms with Gasteiger partial charge in [-0.2, -0.15) is 5.10 Å². The molecule has 194 valence electrons. The average molecular weight is 511 g/mol. The molecule has 0 radical (unpaired) electrons. The molecule has 0 saturated heterocycles. The fourth-order valence-electron chi connectivity index (χ4n) is 3.77. The first-order valence-corrected chi connectivity index (χ1v) is 12.6. The number of nitrogens with one attached hydrogen (secondary N) is 1. The second-order valence-corrected chi connectivity index (χ2v) is 8.47. The van der Waals surface area contributed by atoms with Gasteiger partial charge >= 0.3 is 5.97 Å². The van der Waals surface area contributed by atoms with Crippen molar-refractivity contribution in [1.82, 2.24) is 5.43 Å². The number of unbranched alkanes of at least 4 members (excludes halogenated alkanes) is 1. The Balaban J connectivity index is 1.50. The molecule has 7 heteroatoms. The smallest absolute Gasteiger partial charge is 0.343 e. The van der Waals surface area contributed by atoms with Gasteiger partial charge in [0.2, 0.25) is 0 Å². The fraction of sp³-hybridized carbons (Fsp3) is 0.194. The third-order valence-electron chi connectivity index (χ3n) is 5.78. The Morgan fingerprint density at radius 2 is 1.50 bits per heavy atom. The Bertz CT molecular complexity index is 1410. The molecule has 4 rings (SSSR count). The molecule has 0 bridgehead atoms. The highest BCUT2D eigenvalue weighted by Crippen LogP contribution is 2.28. The molecular weight excluding hydrogens is 480 g/mol. The van der Waals surface area contributed by atoms with Crippen LogP contribution in [-0.4, -0.2) is 31.3 Å². The van der Waals surface area contributed by atoms with Gasteiger partial charge in [0, 0.05) is 11.1 Å². The SMILES string of the molecule is CCCCOc1ccc(C(=O)N/N=C\c2c(OC(=O)c3ccc(OCC)cc3)ccc3ccccc23)cc1. The topological polar surface area (TPSA) is 86.2 Å². The number of hydrogen-bond acceptors (Lipinski definition) is 6. The van der Waals surface area contributed by atoms with Gasteiger partial charge < -0.3 is 14.2 Å². The van der Waals surface area contributed by atoms with E-state index < -0.39 is 5.97 Å². The minimum atomic E-state index is -0.511. The van der Waals surface area contributed by atoms with Gasteiger partial charge in [0.25, 0.3) is 5.91 Å². The molecule has 1 amide bonds. The first-order chi connectivity index (χ1) is 18.6. The number of esters is 1. The van der Waals surface area contributed by atoms with Crippen molar-refractivity contribution in [2.45, 2.75) is 26.7 Å². The monoisotopic (exact) mass is 510 g/mol. The highest BCUT2D eigenvalue weighted by atomic mass is 16.5. The zero-order chi connectivity index (χ0) is 26.7. The van der Waals surface area contributed by atoms with Crippen LogP contribution in [0.3, 0.4) is 0 Å². The van der Waals surface area contributed by atoms with Crippen molar-refractivity contribution in [2.24, 2.45) is 5.10 Å². The van der Waals surface area contributed by atoms with Crippen molar-refractivity contribution in [2.75, 3.05) is 13.2 Å². The van der Waals surface area contributed by atoms with Gasteiger partial charge in [0.05, 0.1) is 25.0 Å². The molecule has 0 heterocycles. The number of carbonyl (C=O) groups is 2. The van der Waals surface area contributed by atoms with Crippen molar-refractivity contribution in [3.63, 3.8) is 0 Å². The summed E-state index contributed by atoms with van der Waals surface area (Å²) in [5.41, 5.74) is 3.96. The summed E-state index contributed by atoms with van der Waals surface area (Å²) < 4.78 is 16.8. The summed E-state index contributed by atoms with van der Waals surface area (Å²) in [6, 6.07) is 24.9. The lowest BCUT2D eigenvalue weighted by molar-refractivity contribution is 0.0734. The van der Waals surface area contributed by atoms with Gasteiger partial charge in [-0.15, -0.1) is 0 Å². The molecule has 7 nitrogen and oxygen atoms in total. The molecule has 0 aromatic heterocycles. The van der Waals surface area contributed by atoms with Crippen LogP contribution < -0.4 is 19.6 Å². The number of fused-ring (bicyclic) bond motifs is 1. The lowest BCUT2D eigenvalue weighted by Gasteiger charge is -2.11. The third kappa shape index (κ3) is 6.76. The Kier molecular flexibility index (Phi) is 9.07. The van der Waals surface area contributed by atoms with E-state index in [9.17, 15) is 9.59 Å². The molecule has 1 N–H and O–H groups in total. The van der Waals surface area contributed by atoms with E-state index in [0.29, 0.717) is 47.2 Å². The highest BCUT2D eigenvalue weighted by molar-refractivity contribution is 6.04. The van der Waals surface area contributed by atoms with Crippen molar-refractivity contribution in [3.05, 3.63) is 102 Å². The molecule has 0 spiro atoms. The van der Waals surface area contributed by atoms with Gasteiger partial charge in [-0.05, 0) is 78.7 Å². The van der Waals surface area contributed by atoms with Crippen molar-refractivity contribution >= 4 is 28.9 Å². The quantitative estimate of drug-likeness (QED) is 0.0829. The van der Waals surface area contributed by atoms with Crippen molar-refractivity contribution in [3.8, 4) is 17.2 Å². The molecule has 0 aliphatic heterocycles. The summed E-state index contributed by atoms with van der Waals surface area (Å²) in [7, 11) is 0. The number of ether oxygens (including phenoxy) is 3. The summed E-state index contributed by atoms with van der Waals surface area (Å²) in [6.07, 6.45) is 3.52. The first kappa shape index (κ1) is 26.4. The standard InChI is InChI=1S/C31H30N2O5/c1-3-5-20-37-26-15-10-23(11-16-26)30(34)33-32-21-28-27-9-7-6-8-22(27)14-19-29(28)38-31(35)24-12-17-25(18-13-24)36-4-2/h6-19,21H,3-5,20H2,1-2H3,(H,33,34)/b32-21-. The lowest BCUT2D eigenvalue weighted by Crippen LogP contribution is -2.17. The van der Waals surface area contributed by atoms with Gasteiger partial charge in [0.15, 0.2) is 0 Å². The van der Waals surface area contributed by atoms with E-state index in [0.717, 1.165) is 23.6 Å². The summed E-state index contributed by atoms with van der Waals surface area (Å²) in [5, 5.41) is 5.93. The van der Waals surface area contributed by atoms with Crippen LogP contribution in [0.5, 0.6) is 17.2 Å². The molecule has 0 atom stereocenters. The maximum absolute atomic E-state index is 12.9. The van der Waals surface area contributed by atoms with Crippen LogP contribution in [0.1, 0.15) is 53.0 Å². The first-order valence-electron chi connectivity index (χ1n) is 12.6. The largest absolute Gasteiger partial charge is 0.494 e. The van der Waals surface area contributed by atoms with Crippen LogP contribution in [0.15, 0.2) is 90.0 Å². The number of hydrogen-bond donors (Lipinski definition) is 1. The Hall–Kier alpha value is -4.65. The number of rotatable bonds is 11. The average Bonchev–Trinajstić information content (AvgIpc) is 2.95. The van der Waals surface area contributed by atoms with Crippen LogP contribution in [0, 0.1) is 0 Å². The number of hydrazone groups is 1. The molecule has 4 aromatic rings. The molecular formula is C31H30N2O5. The van der Waals surface area contributed by atoms with Crippen LogP contribution in [0.2, 0.25) is 0 Å². The minimum Gasteiger partial charge on any atom is -0.494 e. The zero-order valence-corrected chi connectivity index (χ0v) is 21.5. The normalized spacial score (nSPS) is 10.9. The fourth-order valence-corrected chi connectivity index (χ4v) is 3.77. The van der Waals surface area contributed by atoms with E-state index in [1.807, 2.05) is 37.3 Å². The van der Waals surface area contributed by atoms with Crippen molar-refractivity contribution in [1.29, 1.82) is 0 Å². The van der Waals surface area contributed by atoms with Gasteiger partial charge in [-0.3, -0.25) is 4.79 Å². The number of benzene rings is 4. The molecule has 0 unspecified atom stereocenters. The van der Waals surface area contributed by atoms with Crippen molar-refractivity contribution < 1.29 is 23.8 Å². The Morgan fingerprint density at radius 1 is 0.816 bits per heavy atom. The number of nitrogens with zero attached hydrogens (tertiary/aromatic N) is 1. The summed E-state index contributed by atoms with van der Waals surface area (Å²) in [6.45, 7) is 5.18. The number of amides is 1. The highest BCUT2D eigenvalue weighted by Gasteiger charge is 2.14. The molecule has 0 saturated carbocycles. The Morgan fingerprint density at radius 3 is 2.21 bits per heavy atom. The summed E-state index contributed by atoms with van der Waals surface area (Å²) >= 11 is 0. The second kappa shape index (κ2) is 13.1. The minimum absolute atomic E-state index is 0.328. The van der Waals surface area contributed by atoms with Crippen LogP contribution in [-0.2, 0) is 0 Å². The van der Waals surface area contributed by atoms with E-state index in [2.05, 4.69) is 17.5 Å². The van der Waals surface area contributed by atoms with E-state index in [1.54, 1.807) is 54.6 Å². The van der Waals surface area contributed by atoms with E-state index in [1.165, 1.54) is 6.21 Å². The molecule has 38 heavy (non-hydrogen) atoms. The maximum atomic E-state index is 12.9. The molecule has 4 aromatic carbocycles. The molecule has 0 fully saturated rings. The zero-order valence-electron chi connectivity index (χ0n) is 21.5. The van der Waals surface area contributed by atoms with Crippen LogP contribution >= 0.6 is 0 Å². The molecule has 0 aliphatic carbocycles. The third-order valence-corrected chi connectivity index (χ3v) is 5.78. The summed E-state index contributed by atoms with van der Waals surface area (Å²) in [4.78, 5) is 25.5. The van der Waals surface area contributed by atoms with Gasteiger partial charge in [-0.1, -0.05) is 43.7 Å².